The largest absolute Gasteiger partial charge is 0.416 e. The van der Waals surface area contributed by atoms with Gasteiger partial charge in [-0.2, -0.15) is 23.4 Å². The zero-order valence-electron chi connectivity index (χ0n) is 24.5. The Labute approximate surface area is 247 Å². The number of anilines is 2. The number of halogens is 3. The van der Waals surface area contributed by atoms with Gasteiger partial charge in [-0.1, -0.05) is 0 Å². The number of likely N-dealkylation sites (tertiary alicyclic amines) is 1. The first-order valence-corrected chi connectivity index (χ1v) is 14.0. The van der Waals surface area contributed by atoms with E-state index < -0.39 is 17.6 Å². The number of nitrogens with one attached hydrogen (secondary N) is 2. The number of carbonyl (C=O) groups is 2. The summed E-state index contributed by atoms with van der Waals surface area (Å²) in [6.07, 6.45) is -1.10. The van der Waals surface area contributed by atoms with Gasteiger partial charge < -0.3 is 20.0 Å². The van der Waals surface area contributed by atoms with Crippen molar-refractivity contribution in [3.05, 3.63) is 58.3 Å². The minimum Gasteiger partial charge on any atom is -0.370 e. The summed E-state index contributed by atoms with van der Waals surface area (Å²) in [6.45, 7) is 3.71. The number of pyridine rings is 1. The van der Waals surface area contributed by atoms with Gasteiger partial charge in [-0.15, -0.1) is 0 Å². The van der Waals surface area contributed by atoms with Crippen molar-refractivity contribution in [3.8, 4) is 11.3 Å². The van der Waals surface area contributed by atoms with Crippen molar-refractivity contribution < 1.29 is 22.8 Å². The quantitative estimate of drug-likeness (QED) is 0.359. The lowest BCUT2D eigenvalue weighted by Crippen LogP contribution is -2.29. The summed E-state index contributed by atoms with van der Waals surface area (Å²) in [4.78, 5) is 34.8. The smallest absolute Gasteiger partial charge is 0.370 e. The van der Waals surface area contributed by atoms with Crippen LogP contribution < -0.4 is 15.6 Å². The molecule has 5 rings (SSSR count). The Kier molecular flexibility index (Phi) is 8.29. The van der Waals surface area contributed by atoms with Crippen LogP contribution in [0.4, 0.5) is 24.8 Å². The molecule has 2 aromatic heterocycles. The summed E-state index contributed by atoms with van der Waals surface area (Å²) in [5.74, 6) is 1.10. The van der Waals surface area contributed by atoms with E-state index in [9.17, 15) is 22.8 Å². The summed E-state index contributed by atoms with van der Waals surface area (Å²) >= 11 is 0. The standard InChI is InChI=1S/C29H34F3N9O2/c1-5-33-24-12-18(26-21(14-35-40(26)4)27-37-34-17-39(27)3)13-25(36-24)38(2)15-22-20(16-42)10-19(11-23(22)29(30,31)32)28(43)41-8-6-7-9-41/h10-14,16,34H,5-9,15,17H2,1-4H3,(H,33,36). The number of amidine groups is 1. The lowest BCUT2D eigenvalue weighted by Gasteiger charge is -2.25. The van der Waals surface area contributed by atoms with E-state index in [1.807, 2.05) is 24.9 Å². The summed E-state index contributed by atoms with van der Waals surface area (Å²) in [5.41, 5.74) is 3.63. The minimum absolute atomic E-state index is 0.143. The van der Waals surface area contributed by atoms with E-state index in [0.29, 0.717) is 50.1 Å². The van der Waals surface area contributed by atoms with Crippen LogP contribution in [-0.2, 0) is 19.8 Å². The summed E-state index contributed by atoms with van der Waals surface area (Å²) in [7, 11) is 5.32. The van der Waals surface area contributed by atoms with Gasteiger partial charge in [0.2, 0.25) is 0 Å². The van der Waals surface area contributed by atoms with Gasteiger partial charge >= 0.3 is 6.18 Å². The van der Waals surface area contributed by atoms with Crippen LogP contribution in [0.15, 0.2) is 35.6 Å². The fourth-order valence-electron chi connectivity index (χ4n) is 5.48. The van der Waals surface area contributed by atoms with Crippen molar-refractivity contribution in [2.45, 2.75) is 32.5 Å². The molecule has 0 spiro atoms. The molecule has 3 aromatic rings. The molecule has 43 heavy (non-hydrogen) atoms. The highest BCUT2D eigenvalue weighted by atomic mass is 19.4. The molecule has 2 aliphatic rings. The molecule has 4 heterocycles. The number of aldehydes is 1. The second-order valence-electron chi connectivity index (χ2n) is 10.7. The number of amides is 1. The SMILES string of the molecule is CCNc1cc(-c2c(C3=NNCN3C)cnn2C)cc(N(C)Cc2c(C=O)cc(C(=O)N3CCCC3)cc2C(F)(F)F)n1. The van der Waals surface area contributed by atoms with Crippen molar-refractivity contribution in [3.63, 3.8) is 0 Å². The van der Waals surface area contributed by atoms with E-state index >= 15 is 0 Å². The van der Waals surface area contributed by atoms with Gasteiger partial charge in [0.1, 0.15) is 24.6 Å². The third-order valence-corrected chi connectivity index (χ3v) is 7.62. The molecule has 1 amide bonds. The number of alkyl halides is 3. The van der Waals surface area contributed by atoms with Gasteiger partial charge in [0.05, 0.1) is 23.0 Å². The Bertz CT molecular complexity index is 1560. The van der Waals surface area contributed by atoms with Crippen molar-refractivity contribution in [1.29, 1.82) is 0 Å². The normalized spacial score (nSPS) is 15.0. The Balaban J connectivity index is 1.55. The van der Waals surface area contributed by atoms with E-state index in [2.05, 4.69) is 25.9 Å². The first-order chi connectivity index (χ1) is 20.5. The number of hydrogen-bond acceptors (Lipinski definition) is 9. The van der Waals surface area contributed by atoms with E-state index in [-0.39, 0.29) is 23.2 Å². The number of aromatic nitrogens is 3. The van der Waals surface area contributed by atoms with Gasteiger partial charge in [-0.05, 0) is 49.6 Å². The Hall–Kier alpha value is -4.62. The van der Waals surface area contributed by atoms with E-state index in [1.54, 1.807) is 35.9 Å². The molecule has 1 fully saturated rings. The van der Waals surface area contributed by atoms with Crippen LogP contribution >= 0.6 is 0 Å². The average molecular weight is 598 g/mol. The second-order valence-corrected chi connectivity index (χ2v) is 10.7. The lowest BCUT2D eigenvalue weighted by molar-refractivity contribution is -0.138. The van der Waals surface area contributed by atoms with E-state index in [4.69, 9.17) is 0 Å². The monoisotopic (exact) mass is 597 g/mol. The molecule has 0 bridgehead atoms. The number of nitrogens with zero attached hydrogens (tertiary/aromatic N) is 7. The highest BCUT2D eigenvalue weighted by molar-refractivity contribution is 6.04. The zero-order valence-corrected chi connectivity index (χ0v) is 24.5. The molecule has 0 saturated carbocycles. The Morgan fingerprint density at radius 1 is 1.16 bits per heavy atom. The Morgan fingerprint density at radius 3 is 2.53 bits per heavy atom. The number of hydrogen-bond donors (Lipinski definition) is 2. The molecular formula is C29H34F3N9O2. The van der Waals surface area contributed by atoms with Crippen LogP contribution in [0.2, 0.25) is 0 Å². The highest BCUT2D eigenvalue weighted by Gasteiger charge is 2.36. The number of rotatable bonds is 9. The second kappa shape index (κ2) is 11.9. The number of benzene rings is 1. The molecule has 1 saturated heterocycles. The predicted molar refractivity (Wildman–Crippen MR) is 157 cm³/mol. The van der Waals surface area contributed by atoms with E-state index in [1.165, 1.54) is 11.0 Å². The molecule has 2 aliphatic heterocycles. The highest BCUT2D eigenvalue weighted by Crippen LogP contribution is 2.36. The fourth-order valence-corrected chi connectivity index (χ4v) is 5.48. The van der Waals surface area contributed by atoms with Gasteiger partial charge in [0, 0.05) is 64.0 Å². The van der Waals surface area contributed by atoms with Gasteiger partial charge in [-0.25, -0.2) is 4.98 Å². The maximum absolute atomic E-state index is 14.4. The molecule has 0 atom stereocenters. The molecule has 0 aliphatic carbocycles. The van der Waals surface area contributed by atoms with Crippen LogP contribution in [0.5, 0.6) is 0 Å². The number of aryl methyl sites for hydroxylation is 1. The maximum Gasteiger partial charge on any atom is 0.416 e. The first kappa shape index (κ1) is 29.9. The third-order valence-electron chi connectivity index (χ3n) is 7.62. The molecule has 1 aromatic carbocycles. The summed E-state index contributed by atoms with van der Waals surface area (Å²) in [5, 5.41) is 12.0. The van der Waals surface area contributed by atoms with Crippen molar-refractivity contribution in [1.82, 2.24) is 30.0 Å². The molecule has 11 nitrogen and oxygen atoms in total. The molecule has 0 radical (unpaired) electrons. The zero-order chi connectivity index (χ0) is 30.9. The molecule has 228 valence electrons. The summed E-state index contributed by atoms with van der Waals surface area (Å²) in [6, 6.07) is 5.73. The van der Waals surface area contributed by atoms with E-state index in [0.717, 1.165) is 35.7 Å². The summed E-state index contributed by atoms with van der Waals surface area (Å²) < 4.78 is 44.9. The van der Waals surface area contributed by atoms with Gasteiger partial charge in [-0.3, -0.25) is 19.7 Å². The van der Waals surface area contributed by atoms with Crippen molar-refractivity contribution in [2.75, 3.05) is 50.6 Å². The average Bonchev–Trinajstić information content (AvgIpc) is 3.73. The topological polar surface area (TPSA) is 111 Å². The first-order valence-electron chi connectivity index (χ1n) is 14.0. The van der Waals surface area contributed by atoms with Crippen LogP contribution in [0.3, 0.4) is 0 Å². The van der Waals surface area contributed by atoms with Crippen LogP contribution in [0.25, 0.3) is 11.3 Å². The van der Waals surface area contributed by atoms with Crippen LogP contribution in [0.1, 0.15) is 57.2 Å². The van der Waals surface area contributed by atoms with Crippen LogP contribution in [0, 0.1) is 0 Å². The molecule has 14 heteroatoms. The third kappa shape index (κ3) is 5.99. The minimum atomic E-state index is -4.79. The van der Waals surface area contributed by atoms with Gasteiger partial charge in [0.25, 0.3) is 5.91 Å². The van der Waals surface area contributed by atoms with Crippen molar-refractivity contribution in [2.24, 2.45) is 12.1 Å². The predicted octanol–water partition coefficient (Wildman–Crippen LogP) is 3.77. The Morgan fingerprint density at radius 2 is 1.91 bits per heavy atom. The molecular weight excluding hydrogens is 563 g/mol. The van der Waals surface area contributed by atoms with Crippen LogP contribution in [-0.4, -0.2) is 83.0 Å². The lowest BCUT2D eigenvalue weighted by atomic mass is 9.96. The van der Waals surface area contributed by atoms with Gasteiger partial charge in [0.15, 0.2) is 5.84 Å². The van der Waals surface area contributed by atoms with Crippen molar-refractivity contribution >= 4 is 29.7 Å². The maximum atomic E-state index is 14.4. The fraction of sp³-hybridized carbons (Fsp3) is 0.414. The number of carbonyl (C=O) groups excluding carboxylic acids is 2. The number of hydrazone groups is 1. The molecule has 0 unspecified atom stereocenters. The molecule has 2 N–H and O–H groups in total.